The molecule has 0 unspecified atom stereocenters. The molecular weight excluding hydrogens is 366 g/mol. The molecule has 1 aromatic heterocycles. The second-order valence-corrected chi connectivity index (χ2v) is 6.96. The summed E-state index contributed by atoms with van der Waals surface area (Å²) in [6, 6.07) is 15.2. The minimum atomic E-state index is -1.10. The van der Waals surface area contributed by atoms with Crippen molar-refractivity contribution in [1.29, 1.82) is 0 Å². The number of rotatable bonds is 4. The second kappa shape index (κ2) is 8.52. The maximum absolute atomic E-state index is 13.1. The van der Waals surface area contributed by atoms with E-state index in [2.05, 4.69) is 5.32 Å². The molecule has 1 amide bonds. The van der Waals surface area contributed by atoms with Gasteiger partial charge in [-0.05, 0) is 37.1 Å². The van der Waals surface area contributed by atoms with Crippen LogP contribution in [0.2, 0.25) is 0 Å². The summed E-state index contributed by atoms with van der Waals surface area (Å²) in [5.41, 5.74) is 1.96. The van der Waals surface area contributed by atoms with Crippen LogP contribution < -0.4 is 5.32 Å². The van der Waals surface area contributed by atoms with Crippen LogP contribution in [0, 0.1) is 6.92 Å². The Morgan fingerprint density at radius 3 is 2.34 bits per heavy atom. The highest BCUT2D eigenvalue weighted by Gasteiger charge is 2.46. The number of ether oxygens (including phenoxy) is 1. The van der Waals surface area contributed by atoms with Crippen molar-refractivity contribution in [2.45, 2.75) is 46.1 Å². The minimum absolute atomic E-state index is 0.264. The number of furan rings is 1. The van der Waals surface area contributed by atoms with Crippen molar-refractivity contribution in [3.63, 3.8) is 0 Å². The first kappa shape index (κ1) is 20.6. The largest absolute Gasteiger partial charge is 0.464 e. The van der Waals surface area contributed by atoms with Gasteiger partial charge in [0.1, 0.15) is 16.9 Å². The van der Waals surface area contributed by atoms with E-state index in [1.165, 1.54) is 0 Å². The monoisotopic (exact) mass is 393 g/mol. The SMILES string of the molecule is CC.CCOC(=O)C1(NC(=O)c2cccc3cc(C)oc23)Cc2ccccc2C1. The second-order valence-electron chi connectivity index (χ2n) is 6.96. The van der Waals surface area contributed by atoms with Crippen LogP contribution in [0.15, 0.2) is 52.9 Å². The molecule has 4 rings (SSSR count). The lowest BCUT2D eigenvalue weighted by atomic mass is 9.94. The summed E-state index contributed by atoms with van der Waals surface area (Å²) in [5.74, 6) is -0.00760. The number of nitrogens with one attached hydrogen (secondary N) is 1. The fourth-order valence-electron chi connectivity index (χ4n) is 3.82. The Kier molecular flexibility index (Phi) is 6.06. The lowest BCUT2D eigenvalue weighted by molar-refractivity contribution is -0.150. The van der Waals surface area contributed by atoms with Crippen LogP contribution in [0.3, 0.4) is 0 Å². The first-order valence-electron chi connectivity index (χ1n) is 10.1. The number of aryl methyl sites for hydroxylation is 1. The molecule has 5 nitrogen and oxygen atoms in total. The molecule has 0 atom stereocenters. The normalized spacial score (nSPS) is 13.9. The molecule has 1 heterocycles. The lowest BCUT2D eigenvalue weighted by Crippen LogP contribution is -2.56. The highest BCUT2D eigenvalue weighted by Crippen LogP contribution is 2.32. The molecule has 0 saturated heterocycles. The quantitative estimate of drug-likeness (QED) is 0.658. The summed E-state index contributed by atoms with van der Waals surface area (Å²) in [5, 5.41) is 3.83. The van der Waals surface area contributed by atoms with Crippen LogP contribution in [0.25, 0.3) is 11.0 Å². The molecule has 1 aliphatic carbocycles. The molecule has 0 fully saturated rings. The number of hydrogen-bond acceptors (Lipinski definition) is 4. The van der Waals surface area contributed by atoms with Crippen LogP contribution in [0.4, 0.5) is 0 Å². The van der Waals surface area contributed by atoms with Crippen LogP contribution >= 0.6 is 0 Å². The molecule has 1 aliphatic rings. The molecule has 0 spiro atoms. The summed E-state index contributed by atoms with van der Waals surface area (Å²) >= 11 is 0. The number of carbonyl (C=O) groups is 2. The van der Waals surface area contributed by atoms with E-state index >= 15 is 0 Å². The van der Waals surface area contributed by atoms with Crippen molar-refractivity contribution in [2.24, 2.45) is 0 Å². The standard InChI is InChI=1S/C22H21NO4.C2H6/c1-3-26-21(25)22(12-16-7-4-5-8-17(16)13-22)23-20(24)18-10-6-9-15-11-14(2)27-19(15)18;1-2/h4-11H,3,12-13H2,1-2H3,(H,23,24);1-2H3. The number of carbonyl (C=O) groups excluding carboxylic acids is 2. The third kappa shape index (κ3) is 3.90. The molecule has 0 radical (unpaired) electrons. The number of fused-ring (bicyclic) bond motifs is 2. The van der Waals surface area contributed by atoms with Gasteiger partial charge in [-0.1, -0.05) is 50.2 Å². The lowest BCUT2D eigenvalue weighted by Gasteiger charge is -2.28. The Morgan fingerprint density at radius 2 is 1.72 bits per heavy atom. The third-order valence-electron chi connectivity index (χ3n) is 5.03. The number of amides is 1. The van der Waals surface area contributed by atoms with Gasteiger partial charge in [0.05, 0.1) is 12.2 Å². The summed E-state index contributed by atoms with van der Waals surface area (Å²) in [6.45, 7) is 7.87. The Bertz CT molecular complexity index is 1010. The van der Waals surface area contributed by atoms with Crippen molar-refractivity contribution >= 4 is 22.8 Å². The van der Waals surface area contributed by atoms with Crippen molar-refractivity contribution in [2.75, 3.05) is 6.61 Å². The van der Waals surface area contributed by atoms with Crippen molar-refractivity contribution in [3.8, 4) is 0 Å². The van der Waals surface area contributed by atoms with E-state index in [9.17, 15) is 9.59 Å². The topological polar surface area (TPSA) is 68.5 Å². The number of hydrogen-bond donors (Lipinski definition) is 1. The van der Waals surface area contributed by atoms with Crippen LogP contribution in [-0.4, -0.2) is 24.0 Å². The fourth-order valence-corrected chi connectivity index (χ4v) is 3.82. The summed E-state index contributed by atoms with van der Waals surface area (Å²) < 4.78 is 11.0. The van der Waals surface area contributed by atoms with Gasteiger partial charge in [-0.3, -0.25) is 4.79 Å². The van der Waals surface area contributed by atoms with Crippen molar-refractivity contribution in [1.82, 2.24) is 5.32 Å². The molecule has 152 valence electrons. The van der Waals surface area contributed by atoms with E-state index in [4.69, 9.17) is 9.15 Å². The maximum Gasteiger partial charge on any atom is 0.332 e. The molecule has 1 N–H and O–H groups in total. The molecule has 0 saturated carbocycles. The first-order chi connectivity index (χ1) is 14.0. The van der Waals surface area contributed by atoms with Crippen molar-refractivity contribution in [3.05, 3.63) is 71.0 Å². The average molecular weight is 393 g/mol. The Labute approximate surface area is 171 Å². The van der Waals surface area contributed by atoms with E-state index in [-0.39, 0.29) is 12.5 Å². The van der Waals surface area contributed by atoms with Crippen LogP contribution in [0.5, 0.6) is 0 Å². The van der Waals surface area contributed by atoms with Gasteiger partial charge in [-0.25, -0.2) is 4.79 Å². The van der Waals surface area contributed by atoms with E-state index in [1.54, 1.807) is 13.0 Å². The fraction of sp³-hybridized carbons (Fsp3) is 0.333. The first-order valence-corrected chi connectivity index (χ1v) is 10.1. The van der Waals surface area contributed by atoms with Gasteiger partial charge in [0, 0.05) is 18.2 Å². The summed E-state index contributed by atoms with van der Waals surface area (Å²) in [4.78, 5) is 25.9. The van der Waals surface area contributed by atoms with E-state index in [0.29, 0.717) is 24.0 Å². The summed E-state index contributed by atoms with van der Waals surface area (Å²) in [6.07, 6.45) is 0.835. The van der Waals surface area contributed by atoms with Gasteiger partial charge >= 0.3 is 5.97 Å². The smallest absolute Gasteiger partial charge is 0.332 e. The Balaban J connectivity index is 0.00000117. The molecule has 0 aliphatic heterocycles. The van der Waals surface area contributed by atoms with Gasteiger partial charge < -0.3 is 14.5 Å². The molecule has 3 aromatic rings. The molecule has 2 aromatic carbocycles. The zero-order chi connectivity index (χ0) is 21.0. The zero-order valence-electron chi connectivity index (χ0n) is 17.4. The molecule has 5 heteroatoms. The number of para-hydroxylation sites is 1. The Morgan fingerprint density at radius 1 is 1.07 bits per heavy atom. The maximum atomic E-state index is 13.1. The molecule has 29 heavy (non-hydrogen) atoms. The van der Waals surface area contributed by atoms with Crippen molar-refractivity contribution < 1.29 is 18.7 Å². The van der Waals surface area contributed by atoms with Crippen LogP contribution in [-0.2, 0) is 22.4 Å². The zero-order valence-corrected chi connectivity index (χ0v) is 17.4. The molecule has 0 bridgehead atoms. The van der Waals surface area contributed by atoms with Gasteiger partial charge in [-0.2, -0.15) is 0 Å². The third-order valence-corrected chi connectivity index (χ3v) is 5.03. The van der Waals surface area contributed by atoms with E-state index in [1.807, 2.05) is 63.2 Å². The highest BCUT2D eigenvalue weighted by molar-refractivity contribution is 6.07. The van der Waals surface area contributed by atoms with E-state index in [0.717, 1.165) is 22.3 Å². The van der Waals surface area contributed by atoms with Gasteiger partial charge in [-0.15, -0.1) is 0 Å². The van der Waals surface area contributed by atoms with E-state index < -0.39 is 11.5 Å². The predicted octanol–water partition coefficient (Wildman–Crippen LogP) is 4.60. The summed E-state index contributed by atoms with van der Waals surface area (Å²) in [7, 11) is 0. The molecular formula is C24H27NO4. The van der Waals surface area contributed by atoms with Crippen LogP contribution in [0.1, 0.15) is 48.0 Å². The minimum Gasteiger partial charge on any atom is -0.464 e. The Hall–Kier alpha value is -3.08. The van der Waals surface area contributed by atoms with Gasteiger partial charge in [0.15, 0.2) is 0 Å². The van der Waals surface area contributed by atoms with Gasteiger partial charge in [0.2, 0.25) is 0 Å². The average Bonchev–Trinajstić information content (AvgIpc) is 3.29. The van der Waals surface area contributed by atoms with Gasteiger partial charge in [0.25, 0.3) is 5.91 Å². The predicted molar refractivity (Wildman–Crippen MR) is 113 cm³/mol. The number of benzene rings is 2. The number of esters is 1. The highest BCUT2D eigenvalue weighted by atomic mass is 16.5.